The SMILES string of the molecule is CC(C)C1CCN(C(C)CCNC(C)(C)C)C1. The van der Waals surface area contributed by atoms with Gasteiger partial charge in [0.2, 0.25) is 0 Å². The molecule has 1 N–H and O–H groups in total. The second-order valence-electron chi connectivity index (χ2n) is 7.10. The third-order valence-corrected chi connectivity index (χ3v) is 4.04. The molecule has 1 fully saturated rings. The fraction of sp³-hybridized carbons (Fsp3) is 1.00. The van der Waals surface area contributed by atoms with Crippen LogP contribution < -0.4 is 5.32 Å². The van der Waals surface area contributed by atoms with Gasteiger partial charge in [-0.1, -0.05) is 13.8 Å². The van der Waals surface area contributed by atoms with Crippen LogP contribution in [0.4, 0.5) is 0 Å². The van der Waals surface area contributed by atoms with Gasteiger partial charge in [0, 0.05) is 18.1 Å². The standard InChI is InChI=1S/C15H32N2/c1-12(2)14-8-10-17(11-14)13(3)7-9-16-15(4,5)6/h12-14,16H,7-11H2,1-6H3. The third-order valence-electron chi connectivity index (χ3n) is 4.04. The summed E-state index contributed by atoms with van der Waals surface area (Å²) in [6.45, 7) is 17.6. The zero-order chi connectivity index (χ0) is 13.1. The van der Waals surface area contributed by atoms with E-state index in [-0.39, 0.29) is 5.54 Å². The highest BCUT2D eigenvalue weighted by Crippen LogP contribution is 2.25. The fourth-order valence-corrected chi connectivity index (χ4v) is 2.60. The largest absolute Gasteiger partial charge is 0.312 e. The summed E-state index contributed by atoms with van der Waals surface area (Å²) < 4.78 is 0. The van der Waals surface area contributed by atoms with Crippen LogP contribution in [0, 0.1) is 11.8 Å². The van der Waals surface area contributed by atoms with Crippen LogP contribution in [0.3, 0.4) is 0 Å². The van der Waals surface area contributed by atoms with E-state index in [9.17, 15) is 0 Å². The van der Waals surface area contributed by atoms with Crippen LogP contribution >= 0.6 is 0 Å². The van der Waals surface area contributed by atoms with Crippen molar-refractivity contribution in [2.24, 2.45) is 11.8 Å². The molecule has 1 saturated heterocycles. The molecule has 0 aromatic heterocycles. The molecule has 0 saturated carbocycles. The summed E-state index contributed by atoms with van der Waals surface area (Å²) in [5.41, 5.74) is 0.255. The first-order valence-corrected chi connectivity index (χ1v) is 7.28. The molecule has 0 radical (unpaired) electrons. The van der Waals surface area contributed by atoms with Crippen molar-refractivity contribution >= 4 is 0 Å². The molecule has 1 heterocycles. The van der Waals surface area contributed by atoms with Gasteiger partial charge in [0.25, 0.3) is 0 Å². The third kappa shape index (κ3) is 5.39. The monoisotopic (exact) mass is 240 g/mol. The molecular weight excluding hydrogens is 208 g/mol. The summed E-state index contributed by atoms with van der Waals surface area (Å²) in [5.74, 6) is 1.77. The van der Waals surface area contributed by atoms with Gasteiger partial charge in [0.05, 0.1) is 0 Å². The molecule has 2 heteroatoms. The minimum absolute atomic E-state index is 0.255. The van der Waals surface area contributed by atoms with Gasteiger partial charge in [-0.2, -0.15) is 0 Å². The van der Waals surface area contributed by atoms with E-state index in [2.05, 4.69) is 51.8 Å². The van der Waals surface area contributed by atoms with Crippen LogP contribution in [0.2, 0.25) is 0 Å². The van der Waals surface area contributed by atoms with Crippen LogP contribution in [0.5, 0.6) is 0 Å². The molecule has 0 aromatic rings. The normalized spacial score (nSPS) is 24.5. The van der Waals surface area contributed by atoms with E-state index in [1.165, 1.54) is 25.9 Å². The van der Waals surface area contributed by atoms with Gasteiger partial charge in [-0.05, 0) is 65.5 Å². The van der Waals surface area contributed by atoms with Crippen molar-refractivity contribution in [1.82, 2.24) is 10.2 Å². The Morgan fingerprint density at radius 1 is 1.24 bits per heavy atom. The van der Waals surface area contributed by atoms with Crippen molar-refractivity contribution in [2.75, 3.05) is 19.6 Å². The minimum atomic E-state index is 0.255. The zero-order valence-electron chi connectivity index (χ0n) is 12.7. The first-order chi connectivity index (χ1) is 7.79. The van der Waals surface area contributed by atoms with E-state index < -0.39 is 0 Å². The summed E-state index contributed by atoms with van der Waals surface area (Å²) in [6, 6.07) is 0.730. The van der Waals surface area contributed by atoms with Gasteiger partial charge in [0.15, 0.2) is 0 Å². The maximum absolute atomic E-state index is 3.58. The van der Waals surface area contributed by atoms with E-state index in [1.807, 2.05) is 0 Å². The first kappa shape index (κ1) is 15.0. The lowest BCUT2D eigenvalue weighted by atomic mass is 9.95. The zero-order valence-corrected chi connectivity index (χ0v) is 12.7. The molecule has 0 spiro atoms. The highest BCUT2D eigenvalue weighted by atomic mass is 15.2. The maximum Gasteiger partial charge on any atom is 0.00965 e. The molecule has 1 aliphatic rings. The number of nitrogens with one attached hydrogen (secondary N) is 1. The first-order valence-electron chi connectivity index (χ1n) is 7.28. The quantitative estimate of drug-likeness (QED) is 0.794. The highest BCUT2D eigenvalue weighted by molar-refractivity contribution is 4.82. The number of hydrogen-bond donors (Lipinski definition) is 1. The lowest BCUT2D eigenvalue weighted by molar-refractivity contribution is 0.223. The molecule has 102 valence electrons. The van der Waals surface area contributed by atoms with Gasteiger partial charge >= 0.3 is 0 Å². The predicted octanol–water partition coefficient (Wildman–Crippen LogP) is 3.13. The Morgan fingerprint density at radius 2 is 1.88 bits per heavy atom. The van der Waals surface area contributed by atoms with Gasteiger partial charge in [-0.25, -0.2) is 0 Å². The summed E-state index contributed by atoms with van der Waals surface area (Å²) in [7, 11) is 0. The Kier molecular flexibility index (Phi) is 5.46. The van der Waals surface area contributed by atoms with Crippen molar-refractivity contribution in [2.45, 2.75) is 66.0 Å². The predicted molar refractivity (Wildman–Crippen MR) is 76.4 cm³/mol. The summed E-state index contributed by atoms with van der Waals surface area (Å²) in [6.07, 6.45) is 2.66. The van der Waals surface area contributed by atoms with Crippen molar-refractivity contribution in [1.29, 1.82) is 0 Å². The second kappa shape index (κ2) is 6.19. The summed E-state index contributed by atoms with van der Waals surface area (Å²) in [5, 5.41) is 3.58. The molecule has 0 amide bonds. The van der Waals surface area contributed by atoms with Crippen LogP contribution in [0.15, 0.2) is 0 Å². The molecule has 2 unspecified atom stereocenters. The average Bonchev–Trinajstić information content (AvgIpc) is 2.63. The molecule has 0 aromatic carbocycles. The number of hydrogen-bond acceptors (Lipinski definition) is 2. The lowest BCUT2D eigenvalue weighted by Gasteiger charge is -2.27. The van der Waals surface area contributed by atoms with Gasteiger partial charge in [-0.15, -0.1) is 0 Å². The van der Waals surface area contributed by atoms with Crippen molar-refractivity contribution in [3.05, 3.63) is 0 Å². The Balaban J connectivity index is 2.23. The van der Waals surface area contributed by atoms with Gasteiger partial charge in [-0.3, -0.25) is 0 Å². The number of nitrogens with zero attached hydrogens (tertiary/aromatic N) is 1. The van der Waals surface area contributed by atoms with Crippen LogP contribution in [0.1, 0.15) is 54.4 Å². The van der Waals surface area contributed by atoms with E-state index in [0.717, 1.165) is 24.4 Å². The van der Waals surface area contributed by atoms with E-state index >= 15 is 0 Å². The van der Waals surface area contributed by atoms with E-state index in [1.54, 1.807) is 0 Å². The van der Waals surface area contributed by atoms with Gasteiger partial charge in [0.1, 0.15) is 0 Å². The smallest absolute Gasteiger partial charge is 0.00965 e. The van der Waals surface area contributed by atoms with Crippen LogP contribution in [-0.2, 0) is 0 Å². The molecule has 1 rings (SSSR count). The topological polar surface area (TPSA) is 15.3 Å². The summed E-state index contributed by atoms with van der Waals surface area (Å²) in [4.78, 5) is 2.68. The maximum atomic E-state index is 3.58. The fourth-order valence-electron chi connectivity index (χ4n) is 2.60. The Bertz CT molecular complexity index is 217. The molecule has 17 heavy (non-hydrogen) atoms. The van der Waals surface area contributed by atoms with Crippen molar-refractivity contribution in [3.63, 3.8) is 0 Å². The minimum Gasteiger partial charge on any atom is -0.312 e. The molecule has 2 atom stereocenters. The molecule has 0 aliphatic carbocycles. The Hall–Kier alpha value is -0.0800. The number of rotatable bonds is 5. The van der Waals surface area contributed by atoms with Crippen molar-refractivity contribution < 1.29 is 0 Å². The number of likely N-dealkylation sites (tertiary alicyclic amines) is 1. The van der Waals surface area contributed by atoms with Gasteiger partial charge < -0.3 is 10.2 Å². The van der Waals surface area contributed by atoms with E-state index in [0.29, 0.717) is 0 Å². The summed E-state index contributed by atoms with van der Waals surface area (Å²) >= 11 is 0. The lowest BCUT2D eigenvalue weighted by Crippen LogP contribution is -2.40. The van der Waals surface area contributed by atoms with E-state index in [4.69, 9.17) is 0 Å². The molecule has 1 aliphatic heterocycles. The molecular formula is C15H32N2. The average molecular weight is 240 g/mol. The molecule has 2 nitrogen and oxygen atoms in total. The van der Waals surface area contributed by atoms with Crippen molar-refractivity contribution in [3.8, 4) is 0 Å². The Morgan fingerprint density at radius 3 is 2.35 bits per heavy atom. The van der Waals surface area contributed by atoms with Crippen LogP contribution in [0.25, 0.3) is 0 Å². The Labute approximate surface area is 108 Å². The van der Waals surface area contributed by atoms with Crippen LogP contribution in [-0.4, -0.2) is 36.1 Å². The second-order valence-corrected chi connectivity index (χ2v) is 7.10. The molecule has 0 bridgehead atoms. The highest BCUT2D eigenvalue weighted by Gasteiger charge is 2.27.